The summed E-state index contributed by atoms with van der Waals surface area (Å²) >= 11 is 0. The number of rotatable bonds is 3. The summed E-state index contributed by atoms with van der Waals surface area (Å²) in [4.78, 5) is 4.13. The summed E-state index contributed by atoms with van der Waals surface area (Å²) in [7, 11) is 0. The van der Waals surface area contributed by atoms with Crippen LogP contribution in [0.15, 0.2) is 36.7 Å². The quantitative estimate of drug-likeness (QED) is 0.754. The summed E-state index contributed by atoms with van der Waals surface area (Å²) < 4.78 is 1.71. The molecule has 0 spiro atoms. The van der Waals surface area contributed by atoms with E-state index in [1.54, 1.807) is 11.0 Å². The van der Waals surface area contributed by atoms with Gasteiger partial charge in [0.05, 0.1) is 11.8 Å². The van der Waals surface area contributed by atoms with Crippen LogP contribution < -0.4 is 0 Å². The van der Waals surface area contributed by atoms with Crippen molar-refractivity contribution in [2.75, 3.05) is 0 Å². The molecule has 1 aromatic heterocycles. The van der Waals surface area contributed by atoms with Crippen LogP contribution in [-0.2, 0) is 6.42 Å². The number of hydrogen-bond acceptors (Lipinski definition) is 3. The van der Waals surface area contributed by atoms with E-state index in [2.05, 4.69) is 16.2 Å². The van der Waals surface area contributed by atoms with Crippen molar-refractivity contribution in [1.82, 2.24) is 14.8 Å². The van der Waals surface area contributed by atoms with E-state index < -0.39 is 0 Å². The van der Waals surface area contributed by atoms with E-state index in [1.807, 2.05) is 30.3 Å². The van der Waals surface area contributed by atoms with Crippen molar-refractivity contribution in [3.63, 3.8) is 0 Å². The van der Waals surface area contributed by atoms with Gasteiger partial charge in [-0.15, -0.1) is 0 Å². The van der Waals surface area contributed by atoms with Gasteiger partial charge >= 0.3 is 0 Å². The molecule has 0 bridgehead atoms. The van der Waals surface area contributed by atoms with Crippen molar-refractivity contribution in [3.8, 4) is 11.8 Å². The minimum atomic E-state index is 0.457. The second kappa shape index (κ2) is 4.38. The maximum Gasteiger partial charge on any atom is 0.152 e. The van der Waals surface area contributed by atoms with Crippen LogP contribution in [0.3, 0.4) is 0 Å². The van der Waals surface area contributed by atoms with E-state index in [0.717, 1.165) is 5.69 Å². The lowest BCUT2D eigenvalue weighted by molar-refractivity contribution is 0.822. The van der Waals surface area contributed by atoms with Crippen LogP contribution in [0.2, 0.25) is 0 Å². The Kier molecular flexibility index (Phi) is 2.75. The second-order valence-corrected chi connectivity index (χ2v) is 3.10. The van der Waals surface area contributed by atoms with Gasteiger partial charge in [0.15, 0.2) is 5.82 Å². The van der Waals surface area contributed by atoms with E-state index in [-0.39, 0.29) is 0 Å². The van der Waals surface area contributed by atoms with Gasteiger partial charge in [-0.3, -0.25) is 0 Å². The summed E-state index contributed by atoms with van der Waals surface area (Å²) in [5.74, 6) is 0.709. The number of nitriles is 1. The first-order chi connectivity index (χ1) is 7.40. The minimum Gasteiger partial charge on any atom is -0.221 e. The van der Waals surface area contributed by atoms with Gasteiger partial charge in [-0.1, -0.05) is 18.2 Å². The molecular weight excluding hydrogens is 188 g/mol. The third-order valence-corrected chi connectivity index (χ3v) is 2.02. The largest absolute Gasteiger partial charge is 0.221 e. The minimum absolute atomic E-state index is 0.457. The fourth-order valence-electron chi connectivity index (χ4n) is 1.28. The van der Waals surface area contributed by atoms with E-state index in [9.17, 15) is 0 Å². The fourth-order valence-corrected chi connectivity index (χ4v) is 1.28. The third kappa shape index (κ3) is 2.20. The zero-order valence-electron chi connectivity index (χ0n) is 8.17. The Morgan fingerprint density at radius 2 is 2.07 bits per heavy atom. The number of benzene rings is 1. The average molecular weight is 198 g/mol. The van der Waals surface area contributed by atoms with Crippen LogP contribution in [0.4, 0.5) is 0 Å². The van der Waals surface area contributed by atoms with Gasteiger partial charge in [0, 0.05) is 12.8 Å². The zero-order valence-corrected chi connectivity index (χ0v) is 8.17. The predicted octanol–water partition coefficient (Wildman–Crippen LogP) is 1.72. The second-order valence-electron chi connectivity index (χ2n) is 3.10. The van der Waals surface area contributed by atoms with Gasteiger partial charge in [0.1, 0.15) is 6.33 Å². The molecule has 4 nitrogen and oxygen atoms in total. The molecule has 0 amide bonds. The van der Waals surface area contributed by atoms with Crippen molar-refractivity contribution >= 4 is 0 Å². The highest BCUT2D eigenvalue weighted by Crippen LogP contribution is 2.05. The Hall–Kier alpha value is -2.15. The summed E-state index contributed by atoms with van der Waals surface area (Å²) in [5.41, 5.74) is 0.980. The monoisotopic (exact) mass is 198 g/mol. The topological polar surface area (TPSA) is 54.5 Å². The third-order valence-electron chi connectivity index (χ3n) is 2.02. The van der Waals surface area contributed by atoms with Crippen LogP contribution >= 0.6 is 0 Å². The van der Waals surface area contributed by atoms with E-state index in [0.29, 0.717) is 18.7 Å². The standard InChI is InChI=1S/C11H10N4/c12-8-4-7-11-13-9-15(14-11)10-5-2-1-3-6-10/h1-3,5-6,9H,4,7H2. The molecule has 0 aliphatic heterocycles. The van der Waals surface area contributed by atoms with Crippen LogP contribution in [0.25, 0.3) is 5.69 Å². The highest BCUT2D eigenvalue weighted by Gasteiger charge is 2.01. The molecule has 0 atom stereocenters. The molecule has 0 fully saturated rings. The first-order valence-corrected chi connectivity index (χ1v) is 4.73. The molecule has 0 radical (unpaired) electrons. The van der Waals surface area contributed by atoms with Crippen molar-refractivity contribution in [3.05, 3.63) is 42.5 Å². The molecule has 0 saturated carbocycles. The van der Waals surface area contributed by atoms with Crippen LogP contribution in [-0.4, -0.2) is 14.8 Å². The molecule has 0 saturated heterocycles. The molecule has 15 heavy (non-hydrogen) atoms. The maximum atomic E-state index is 8.44. The summed E-state index contributed by atoms with van der Waals surface area (Å²) in [6.07, 6.45) is 2.73. The average Bonchev–Trinajstić information content (AvgIpc) is 2.76. The molecule has 1 heterocycles. The molecule has 2 aromatic rings. The fraction of sp³-hybridized carbons (Fsp3) is 0.182. The molecule has 0 aliphatic rings. The van der Waals surface area contributed by atoms with E-state index in [1.165, 1.54) is 0 Å². The molecule has 0 unspecified atom stereocenters. The Balaban J connectivity index is 2.18. The van der Waals surface area contributed by atoms with Gasteiger partial charge in [0.25, 0.3) is 0 Å². The van der Waals surface area contributed by atoms with Crippen molar-refractivity contribution in [2.24, 2.45) is 0 Å². The van der Waals surface area contributed by atoms with Crippen molar-refractivity contribution in [2.45, 2.75) is 12.8 Å². The zero-order chi connectivity index (χ0) is 10.5. The van der Waals surface area contributed by atoms with Crippen molar-refractivity contribution < 1.29 is 0 Å². The molecule has 0 aliphatic carbocycles. The lowest BCUT2D eigenvalue weighted by atomic mass is 10.3. The van der Waals surface area contributed by atoms with Crippen molar-refractivity contribution in [1.29, 1.82) is 5.26 Å². The highest BCUT2D eigenvalue weighted by molar-refractivity contribution is 5.29. The number of para-hydroxylation sites is 1. The Morgan fingerprint density at radius 1 is 1.27 bits per heavy atom. The Morgan fingerprint density at radius 3 is 2.80 bits per heavy atom. The first kappa shape index (κ1) is 9.41. The van der Waals surface area contributed by atoms with Gasteiger partial charge < -0.3 is 0 Å². The van der Waals surface area contributed by atoms with E-state index >= 15 is 0 Å². The first-order valence-electron chi connectivity index (χ1n) is 4.73. The number of aromatic nitrogens is 3. The molecule has 1 aromatic carbocycles. The summed E-state index contributed by atoms with van der Waals surface area (Å²) in [5, 5.41) is 12.7. The molecule has 74 valence electrons. The van der Waals surface area contributed by atoms with Gasteiger partial charge in [-0.25, -0.2) is 9.67 Å². The Bertz CT molecular complexity index is 467. The predicted molar refractivity (Wildman–Crippen MR) is 55.3 cm³/mol. The smallest absolute Gasteiger partial charge is 0.152 e. The molecular formula is C11H10N4. The van der Waals surface area contributed by atoms with Gasteiger partial charge in [-0.05, 0) is 12.1 Å². The Labute approximate surface area is 87.8 Å². The number of hydrogen-bond donors (Lipinski definition) is 0. The summed E-state index contributed by atoms with van der Waals surface area (Å²) in [6, 6.07) is 11.9. The lowest BCUT2D eigenvalue weighted by Crippen LogP contribution is -1.95. The van der Waals surface area contributed by atoms with E-state index in [4.69, 9.17) is 5.26 Å². The highest BCUT2D eigenvalue weighted by atomic mass is 15.3. The van der Waals surface area contributed by atoms with Crippen LogP contribution in [0.5, 0.6) is 0 Å². The van der Waals surface area contributed by atoms with Gasteiger partial charge in [0.2, 0.25) is 0 Å². The SMILES string of the molecule is N#CCCc1ncn(-c2ccccc2)n1. The lowest BCUT2D eigenvalue weighted by Gasteiger charge is -1.97. The molecule has 0 N–H and O–H groups in total. The van der Waals surface area contributed by atoms with Crippen LogP contribution in [0, 0.1) is 11.3 Å². The molecule has 4 heteroatoms. The van der Waals surface area contributed by atoms with Gasteiger partial charge in [-0.2, -0.15) is 10.4 Å². The molecule has 2 rings (SSSR count). The summed E-state index contributed by atoms with van der Waals surface area (Å²) in [6.45, 7) is 0. The number of nitrogens with zero attached hydrogens (tertiary/aromatic N) is 4. The normalized spacial score (nSPS) is 9.80. The maximum absolute atomic E-state index is 8.44. The number of aryl methyl sites for hydroxylation is 1. The van der Waals surface area contributed by atoms with Crippen LogP contribution in [0.1, 0.15) is 12.2 Å².